The summed E-state index contributed by atoms with van der Waals surface area (Å²) in [6.45, 7) is 1.93. The Morgan fingerprint density at radius 2 is 2.67 bits per heavy atom. The van der Waals surface area contributed by atoms with Gasteiger partial charge in [-0.05, 0) is 6.92 Å². The Kier molecular flexibility index (Phi) is 0.638. The van der Waals surface area contributed by atoms with Crippen LogP contribution in [0.3, 0.4) is 0 Å². The summed E-state index contributed by atoms with van der Waals surface area (Å²) in [5.74, 6) is 0. The smallest absolute Gasteiger partial charge is 0.126 e. The second-order valence-corrected chi connectivity index (χ2v) is 1.20. The molecule has 0 radical (unpaired) electrons. The Balaban J connectivity index is 3.05. The van der Waals surface area contributed by atoms with E-state index < -0.39 is 0 Å². The molecule has 32 valence electrons. The van der Waals surface area contributed by atoms with Crippen LogP contribution < -0.4 is 0 Å². The van der Waals surface area contributed by atoms with E-state index in [4.69, 9.17) is 0 Å². The number of aromatic nitrogens is 1. The highest BCUT2D eigenvalue weighted by Crippen LogP contribution is 1.88. The Hall–Kier alpha value is -0.790. The maximum atomic E-state index is 4.46. The van der Waals surface area contributed by atoms with Crippen LogP contribution in [0.25, 0.3) is 0 Å². The minimum absolute atomic E-state index is 1.06. The van der Waals surface area contributed by atoms with Gasteiger partial charge in [-0.1, -0.05) is 5.16 Å². The van der Waals surface area contributed by atoms with E-state index in [0.717, 1.165) is 5.56 Å². The van der Waals surface area contributed by atoms with Crippen LogP contribution in [0.2, 0.25) is 0 Å². The SMILES string of the molecule is Cc1cnoc1. The Morgan fingerprint density at radius 3 is 2.83 bits per heavy atom. The van der Waals surface area contributed by atoms with Crippen molar-refractivity contribution in [2.75, 3.05) is 0 Å². The lowest BCUT2D eigenvalue weighted by atomic mass is 10.4. The Bertz CT molecular complexity index is 111. The van der Waals surface area contributed by atoms with Crippen LogP contribution in [-0.2, 0) is 0 Å². The molecular formula is C4H5NO. The molecule has 0 aliphatic rings. The summed E-state index contributed by atoms with van der Waals surface area (Å²) in [7, 11) is 0. The van der Waals surface area contributed by atoms with Crippen LogP contribution in [0.4, 0.5) is 0 Å². The first-order chi connectivity index (χ1) is 2.89. The van der Waals surface area contributed by atoms with Crippen molar-refractivity contribution in [1.82, 2.24) is 5.16 Å². The van der Waals surface area contributed by atoms with E-state index in [9.17, 15) is 0 Å². The maximum absolute atomic E-state index is 4.46. The van der Waals surface area contributed by atoms with Crippen molar-refractivity contribution in [2.24, 2.45) is 0 Å². The van der Waals surface area contributed by atoms with E-state index in [1.807, 2.05) is 6.92 Å². The van der Waals surface area contributed by atoms with Crippen molar-refractivity contribution in [2.45, 2.75) is 6.92 Å². The number of hydrogen-bond donors (Lipinski definition) is 0. The first kappa shape index (κ1) is 3.40. The molecule has 0 N–H and O–H groups in total. The molecule has 6 heavy (non-hydrogen) atoms. The zero-order valence-corrected chi connectivity index (χ0v) is 3.51. The minimum Gasteiger partial charge on any atom is -0.365 e. The standard InChI is InChI=1S/C4H5NO/c1-4-2-5-6-3-4/h2-3H,1H3. The summed E-state index contributed by atoms with van der Waals surface area (Å²) in [5.41, 5.74) is 1.06. The topological polar surface area (TPSA) is 26.0 Å². The summed E-state index contributed by atoms with van der Waals surface area (Å²) in [6, 6.07) is 0. The van der Waals surface area contributed by atoms with Crippen LogP contribution in [0.15, 0.2) is 17.0 Å². The molecule has 0 bridgehead atoms. The molecule has 1 aromatic heterocycles. The van der Waals surface area contributed by atoms with E-state index >= 15 is 0 Å². The molecule has 0 atom stereocenters. The van der Waals surface area contributed by atoms with Crippen LogP contribution in [0, 0.1) is 6.92 Å². The molecule has 1 aromatic rings. The van der Waals surface area contributed by atoms with Gasteiger partial charge >= 0.3 is 0 Å². The molecule has 2 heteroatoms. The van der Waals surface area contributed by atoms with Crippen molar-refractivity contribution in [3.8, 4) is 0 Å². The first-order valence-corrected chi connectivity index (χ1v) is 1.75. The van der Waals surface area contributed by atoms with Gasteiger partial charge in [0.1, 0.15) is 6.26 Å². The van der Waals surface area contributed by atoms with Gasteiger partial charge in [0.15, 0.2) is 0 Å². The number of aryl methyl sites for hydroxylation is 1. The highest BCUT2D eigenvalue weighted by Gasteiger charge is 1.77. The fourth-order valence-corrected chi connectivity index (χ4v) is 0.258. The minimum atomic E-state index is 1.06. The predicted molar refractivity (Wildman–Crippen MR) is 21.2 cm³/mol. The molecule has 0 fully saturated rings. The number of hydrogen-bond acceptors (Lipinski definition) is 2. The predicted octanol–water partition coefficient (Wildman–Crippen LogP) is 0.983. The van der Waals surface area contributed by atoms with Crippen molar-refractivity contribution in [1.29, 1.82) is 0 Å². The highest BCUT2D eigenvalue weighted by atomic mass is 16.5. The molecule has 0 unspecified atom stereocenters. The molecule has 0 saturated heterocycles. The normalized spacial score (nSPS) is 8.83. The third-order valence-corrected chi connectivity index (χ3v) is 0.556. The molecule has 0 aromatic carbocycles. The summed E-state index contributed by atoms with van der Waals surface area (Å²) in [4.78, 5) is 0. The monoisotopic (exact) mass is 83.0 g/mol. The quantitative estimate of drug-likeness (QED) is 0.467. The highest BCUT2D eigenvalue weighted by molar-refractivity contribution is 4.94. The van der Waals surface area contributed by atoms with Crippen LogP contribution >= 0.6 is 0 Å². The molecule has 1 rings (SSSR count). The van der Waals surface area contributed by atoms with Crippen molar-refractivity contribution >= 4 is 0 Å². The average molecular weight is 83.1 g/mol. The van der Waals surface area contributed by atoms with E-state index in [1.54, 1.807) is 12.5 Å². The molecule has 0 aliphatic heterocycles. The molecular weight excluding hydrogens is 78.0 g/mol. The van der Waals surface area contributed by atoms with Gasteiger partial charge in [-0.15, -0.1) is 0 Å². The van der Waals surface area contributed by atoms with Gasteiger partial charge in [0.05, 0.1) is 6.20 Å². The van der Waals surface area contributed by atoms with Gasteiger partial charge in [0, 0.05) is 5.56 Å². The Morgan fingerprint density at radius 1 is 1.83 bits per heavy atom. The Labute approximate surface area is 35.8 Å². The molecule has 1 heterocycles. The van der Waals surface area contributed by atoms with Crippen LogP contribution in [0.5, 0.6) is 0 Å². The fraction of sp³-hybridized carbons (Fsp3) is 0.250. The summed E-state index contributed by atoms with van der Waals surface area (Å²) in [6.07, 6.45) is 3.26. The molecule has 0 amide bonds. The largest absolute Gasteiger partial charge is 0.365 e. The van der Waals surface area contributed by atoms with Gasteiger partial charge in [0.2, 0.25) is 0 Å². The third kappa shape index (κ3) is 0.407. The van der Waals surface area contributed by atoms with E-state index in [0.29, 0.717) is 0 Å². The van der Waals surface area contributed by atoms with Crippen molar-refractivity contribution in [3.05, 3.63) is 18.0 Å². The zero-order valence-electron chi connectivity index (χ0n) is 3.51. The van der Waals surface area contributed by atoms with E-state index in [2.05, 4.69) is 9.68 Å². The lowest BCUT2D eigenvalue weighted by Gasteiger charge is -1.60. The van der Waals surface area contributed by atoms with Gasteiger partial charge in [-0.25, -0.2) is 0 Å². The molecule has 0 aliphatic carbocycles. The van der Waals surface area contributed by atoms with E-state index in [-0.39, 0.29) is 0 Å². The fourth-order valence-electron chi connectivity index (χ4n) is 0.258. The lowest BCUT2D eigenvalue weighted by molar-refractivity contribution is 0.419. The average Bonchev–Trinajstić information content (AvgIpc) is 1.86. The van der Waals surface area contributed by atoms with Crippen molar-refractivity contribution < 1.29 is 4.52 Å². The van der Waals surface area contributed by atoms with Gasteiger partial charge in [0.25, 0.3) is 0 Å². The van der Waals surface area contributed by atoms with Gasteiger partial charge in [-0.2, -0.15) is 0 Å². The second kappa shape index (κ2) is 1.12. The second-order valence-electron chi connectivity index (χ2n) is 1.20. The summed E-state index contributed by atoms with van der Waals surface area (Å²) >= 11 is 0. The zero-order chi connectivity index (χ0) is 4.41. The third-order valence-electron chi connectivity index (χ3n) is 0.556. The molecule has 2 nitrogen and oxygen atoms in total. The molecule has 0 saturated carbocycles. The lowest BCUT2D eigenvalue weighted by Crippen LogP contribution is -1.50. The van der Waals surface area contributed by atoms with Gasteiger partial charge in [-0.3, -0.25) is 0 Å². The van der Waals surface area contributed by atoms with Gasteiger partial charge < -0.3 is 4.52 Å². The van der Waals surface area contributed by atoms with Crippen LogP contribution in [-0.4, -0.2) is 5.16 Å². The van der Waals surface area contributed by atoms with Crippen LogP contribution in [0.1, 0.15) is 5.56 Å². The molecule has 0 spiro atoms. The maximum Gasteiger partial charge on any atom is 0.126 e. The number of nitrogens with zero attached hydrogens (tertiary/aromatic N) is 1. The first-order valence-electron chi connectivity index (χ1n) is 1.75. The summed E-state index contributed by atoms with van der Waals surface area (Å²) in [5, 5.41) is 3.45. The summed E-state index contributed by atoms with van der Waals surface area (Å²) < 4.78 is 4.46. The van der Waals surface area contributed by atoms with E-state index in [1.165, 1.54) is 0 Å². The number of rotatable bonds is 0. The van der Waals surface area contributed by atoms with Crippen molar-refractivity contribution in [3.63, 3.8) is 0 Å².